The van der Waals surface area contributed by atoms with Crippen LogP contribution in [0.1, 0.15) is 12.5 Å². The zero-order valence-electron chi connectivity index (χ0n) is 17.0. The first-order valence-electron chi connectivity index (χ1n) is 10.1. The van der Waals surface area contributed by atoms with E-state index < -0.39 is 17.5 Å². The van der Waals surface area contributed by atoms with Crippen molar-refractivity contribution in [2.45, 2.75) is 17.4 Å². The van der Waals surface area contributed by atoms with Gasteiger partial charge in [-0.1, -0.05) is 48.5 Å². The predicted octanol–water partition coefficient (Wildman–Crippen LogP) is 3.75. The highest BCUT2D eigenvalue weighted by Crippen LogP contribution is 2.35. The van der Waals surface area contributed by atoms with Gasteiger partial charge in [-0.05, 0) is 41.5 Å². The molecule has 2 aliphatic heterocycles. The van der Waals surface area contributed by atoms with Gasteiger partial charge >= 0.3 is 6.03 Å². The van der Waals surface area contributed by atoms with Crippen molar-refractivity contribution in [1.29, 1.82) is 0 Å². The molecule has 0 radical (unpaired) electrons. The van der Waals surface area contributed by atoms with Crippen molar-refractivity contribution in [2.24, 2.45) is 0 Å². The van der Waals surface area contributed by atoms with Gasteiger partial charge in [0.15, 0.2) is 0 Å². The van der Waals surface area contributed by atoms with Gasteiger partial charge in [0, 0.05) is 17.2 Å². The van der Waals surface area contributed by atoms with Crippen LogP contribution < -0.4 is 10.2 Å². The summed E-state index contributed by atoms with van der Waals surface area (Å²) in [6.07, 6.45) is 0. The molecule has 4 amide bonds. The molecule has 5 rings (SSSR count). The van der Waals surface area contributed by atoms with Crippen molar-refractivity contribution in [3.8, 4) is 0 Å². The normalized spacial score (nSPS) is 20.7. The van der Waals surface area contributed by atoms with Crippen LogP contribution in [-0.4, -0.2) is 41.6 Å². The molecule has 0 aromatic heterocycles. The summed E-state index contributed by atoms with van der Waals surface area (Å²) >= 11 is 1.70. The zero-order valence-corrected chi connectivity index (χ0v) is 17.8. The highest BCUT2D eigenvalue weighted by atomic mass is 32.2. The molecular formula is C24H21N3O3S. The fraction of sp³-hybridized carbons (Fsp3) is 0.208. The number of amides is 4. The molecule has 0 saturated carbocycles. The average molecular weight is 432 g/mol. The van der Waals surface area contributed by atoms with Crippen molar-refractivity contribution in [1.82, 2.24) is 10.2 Å². The van der Waals surface area contributed by atoms with Gasteiger partial charge in [0.2, 0.25) is 5.91 Å². The van der Waals surface area contributed by atoms with E-state index in [2.05, 4.69) is 5.32 Å². The lowest BCUT2D eigenvalue weighted by atomic mass is 9.90. The fourth-order valence-corrected chi connectivity index (χ4v) is 5.18. The molecule has 1 fully saturated rings. The summed E-state index contributed by atoms with van der Waals surface area (Å²) in [4.78, 5) is 42.8. The largest absolute Gasteiger partial charge is 0.325 e. The fourth-order valence-electron chi connectivity index (χ4n) is 4.19. The Morgan fingerprint density at radius 3 is 2.61 bits per heavy atom. The van der Waals surface area contributed by atoms with Crippen molar-refractivity contribution in [3.05, 3.63) is 72.3 Å². The number of nitrogens with zero attached hydrogens (tertiary/aromatic N) is 2. The molecule has 1 N–H and O–H groups in total. The molecule has 1 atom stereocenters. The Bertz CT molecular complexity index is 1230. The smallest absolute Gasteiger partial charge is 0.319 e. The van der Waals surface area contributed by atoms with Crippen LogP contribution in [0, 0.1) is 0 Å². The Morgan fingerprint density at radius 1 is 1.03 bits per heavy atom. The minimum Gasteiger partial charge on any atom is -0.319 e. The molecule has 2 heterocycles. The molecule has 31 heavy (non-hydrogen) atoms. The zero-order chi connectivity index (χ0) is 21.6. The lowest BCUT2D eigenvalue weighted by Gasteiger charge is -2.30. The number of benzene rings is 3. The quantitative estimate of drug-likeness (QED) is 0.642. The average Bonchev–Trinajstić information content (AvgIpc) is 3.02. The first-order chi connectivity index (χ1) is 15.0. The van der Waals surface area contributed by atoms with Crippen molar-refractivity contribution in [3.63, 3.8) is 0 Å². The third-order valence-corrected chi connectivity index (χ3v) is 6.97. The van der Waals surface area contributed by atoms with Gasteiger partial charge < -0.3 is 10.2 Å². The van der Waals surface area contributed by atoms with Gasteiger partial charge in [0.05, 0.1) is 5.69 Å². The van der Waals surface area contributed by atoms with Crippen molar-refractivity contribution in [2.75, 3.05) is 23.7 Å². The number of thioether (sulfide) groups is 1. The van der Waals surface area contributed by atoms with E-state index in [0.717, 1.165) is 32.0 Å². The monoisotopic (exact) mass is 431 g/mol. The molecule has 1 saturated heterocycles. The van der Waals surface area contributed by atoms with E-state index in [0.29, 0.717) is 12.1 Å². The van der Waals surface area contributed by atoms with Crippen molar-refractivity contribution < 1.29 is 14.4 Å². The van der Waals surface area contributed by atoms with Crippen LogP contribution in [0.4, 0.5) is 10.5 Å². The van der Waals surface area contributed by atoms with Crippen molar-refractivity contribution >= 4 is 46.1 Å². The maximum atomic E-state index is 13.3. The lowest BCUT2D eigenvalue weighted by Crippen LogP contribution is -2.46. The minimum absolute atomic E-state index is 0.265. The number of rotatable bonds is 3. The van der Waals surface area contributed by atoms with Crippen LogP contribution in [0.5, 0.6) is 0 Å². The molecule has 3 aromatic carbocycles. The summed E-state index contributed by atoms with van der Waals surface area (Å²) in [6, 6.07) is 20.7. The summed E-state index contributed by atoms with van der Waals surface area (Å²) in [5.74, 6) is 0.0948. The highest BCUT2D eigenvalue weighted by molar-refractivity contribution is 7.99. The van der Waals surface area contributed by atoms with Gasteiger partial charge in [-0.2, -0.15) is 0 Å². The molecule has 0 bridgehead atoms. The first kappa shape index (κ1) is 19.6. The minimum atomic E-state index is -1.21. The summed E-state index contributed by atoms with van der Waals surface area (Å²) in [6.45, 7) is 1.95. The second kappa shape index (κ2) is 7.42. The van der Waals surface area contributed by atoms with Crippen LogP contribution in [0.2, 0.25) is 0 Å². The number of anilines is 1. The van der Waals surface area contributed by atoms with Crippen LogP contribution >= 0.6 is 11.8 Å². The van der Waals surface area contributed by atoms with Gasteiger partial charge in [-0.15, -0.1) is 11.8 Å². The molecular weight excluding hydrogens is 410 g/mol. The molecule has 6 nitrogen and oxygen atoms in total. The molecule has 156 valence electrons. The van der Waals surface area contributed by atoms with Crippen LogP contribution in [0.25, 0.3) is 10.8 Å². The maximum Gasteiger partial charge on any atom is 0.325 e. The topological polar surface area (TPSA) is 69.7 Å². The van der Waals surface area contributed by atoms with Crippen LogP contribution in [0.3, 0.4) is 0 Å². The number of urea groups is 1. The molecule has 2 aliphatic rings. The Hall–Kier alpha value is -3.32. The number of para-hydroxylation sites is 1. The molecule has 1 unspecified atom stereocenters. The molecule has 0 spiro atoms. The Labute approximate surface area is 184 Å². The second-order valence-corrected chi connectivity index (χ2v) is 9.01. The Morgan fingerprint density at radius 2 is 1.77 bits per heavy atom. The standard InChI is InChI=1S/C24H21N3O3S/c1-24(18-11-10-16-6-2-3-7-17(16)14-18)22(29)27(23(30)25-24)15-21(28)26-12-13-31-20-9-5-4-8-19(20)26/h2-11,14H,12-13,15H2,1H3,(H,25,30). The summed E-state index contributed by atoms with van der Waals surface area (Å²) in [5.41, 5.74) is 0.309. The van der Waals surface area contributed by atoms with Gasteiger partial charge in [-0.3, -0.25) is 14.5 Å². The number of imide groups is 1. The van der Waals surface area contributed by atoms with Gasteiger partial charge in [-0.25, -0.2) is 4.79 Å². The molecule has 0 aliphatic carbocycles. The van der Waals surface area contributed by atoms with Crippen LogP contribution in [0.15, 0.2) is 71.6 Å². The molecule has 7 heteroatoms. The summed E-state index contributed by atoms with van der Waals surface area (Å²) in [5, 5.41) is 4.84. The predicted molar refractivity (Wildman–Crippen MR) is 121 cm³/mol. The van der Waals surface area contributed by atoms with Gasteiger partial charge in [0.1, 0.15) is 12.1 Å². The van der Waals surface area contributed by atoms with E-state index in [1.54, 1.807) is 23.6 Å². The van der Waals surface area contributed by atoms with E-state index in [1.807, 2.05) is 66.7 Å². The number of fused-ring (bicyclic) bond motifs is 2. The number of carbonyl (C=O) groups is 3. The third kappa shape index (κ3) is 3.25. The Kier molecular flexibility index (Phi) is 4.70. The van der Waals surface area contributed by atoms with E-state index >= 15 is 0 Å². The maximum absolute atomic E-state index is 13.3. The Balaban J connectivity index is 1.41. The van der Waals surface area contributed by atoms with Gasteiger partial charge in [0.25, 0.3) is 5.91 Å². The van der Waals surface area contributed by atoms with E-state index in [9.17, 15) is 14.4 Å². The first-order valence-corrected chi connectivity index (χ1v) is 11.1. The van der Waals surface area contributed by atoms with E-state index in [-0.39, 0.29) is 12.5 Å². The summed E-state index contributed by atoms with van der Waals surface area (Å²) < 4.78 is 0. The number of nitrogens with one attached hydrogen (secondary N) is 1. The molecule has 3 aromatic rings. The van der Waals surface area contributed by atoms with Crippen LogP contribution in [-0.2, 0) is 15.1 Å². The summed E-state index contributed by atoms with van der Waals surface area (Å²) in [7, 11) is 0. The van der Waals surface area contributed by atoms with E-state index in [4.69, 9.17) is 0 Å². The number of hydrogen-bond donors (Lipinski definition) is 1. The SMILES string of the molecule is CC1(c2ccc3ccccc3c2)NC(=O)N(CC(=O)N2CCSc3ccccc32)C1=O. The number of carbonyl (C=O) groups excluding carboxylic acids is 3. The third-order valence-electron chi connectivity index (χ3n) is 5.92. The highest BCUT2D eigenvalue weighted by Gasteiger charge is 2.50. The van der Waals surface area contributed by atoms with E-state index in [1.165, 1.54) is 0 Å². The second-order valence-electron chi connectivity index (χ2n) is 7.87. The lowest BCUT2D eigenvalue weighted by molar-refractivity contribution is -0.134. The number of hydrogen-bond acceptors (Lipinski definition) is 4.